The molecule has 90 valence electrons. The van der Waals surface area contributed by atoms with Gasteiger partial charge in [0, 0.05) is 5.69 Å². The lowest BCUT2D eigenvalue weighted by molar-refractivity contribution is 0.834. The van der Waals surface area contributed by atoms with E-state index >= 15 is 0 Å². The van der Waals surface area contributed by atoms with Crippen molar-refractivity contribution in [3.05, 3.63) is 41.7 Å². The van der Waals surface area contributed by atoms with Gasteiger partial charge in [0.25, 0.3) is 0 Å². The molecule has 0 N–H and O–H groups in total. The number of hydrogen-bond acceptors (Lipinski definition) is 1. The van der Waals surface area contributed by atoms with Crippen LogP contribution in [0.1, 0.15) is 11.4 Å². The third-order valence-corrected chi connectivity index (χ3v) is 5.27. The fourth-order valence-corrected chi connectivity index (χ4v) is 4.88. The summed E-state index contributed by atoms with van der Waals surface area (Å²) in [6, 6.07) is 10.4. The molecular weight excluding hydrogens is 224 g/mol. The van der Waals surface area contributed by atoms with E-state index in [4.69, 9.17) is 5.10 Å². The van der Waals surface area contributed by atoms with Crippen LogP contribution in [0.2, 0.25) is 19.6 Å². The van der Waals surface area contributed by atoms with Crippen LogP contribution in [0.15, 0.2) is 30.3 Å². The predicted octanol–water partition coefficient (Wildman–Crippen LogP) is 3.03. The van der Waals surface area contributed by atoms with E-state index in [0.29, 0.717) is 0 Å². The van der Waals surface area contributed by atoms with E-state index < -0.39 is 8.07 Å². The molecule has 0 atom stereocenters. The van der Waals surface area contributed by atoms with Crippen molar-refractivity contribution in [1.82, 2.24) is 9.78 Å². The first-order valence-electron chi connectivity index (χ1n) is 6.03. The molecule has 1 heterocycles. The number of nitrogens with zero attached hydrogens (tertiary/aromatic N) is 2. The second kappa shape index (κ2) is 4.15. The molecule has 0 saturated carbocycles. The van der Waals surface area contributed by atoms with Crippen molar-refractivity contribution in [3.63, 3.8) is 0 Å². The van der Waals surface area contributed by atoms with Crippen LogP contribution >= 0.6 is 0 Å². The highest BCUT2D eigenvalue weighted by molar-refractivity contribution is 6.89. The van der Waals surface area contributed by atoms with Gasteiger partial charge in [0.2, 0.25) is 0 Å². The normalized spacial score (nSPS) is 11.8. The Kier molecular flexibility index (Phi) is 2.95. The minimum Gasteiger partial charge on any atom is -0.238 e. The summed E-state index contributed by atoms with van der Waals surface area (Å²) in [7, 11) is -1.32. The van der Waals surface area contributed by atoms with Crippen LogP contribution in [-0.4, -0.2) is 17.9 Å². The molecule has 0 bridgehead atoms. The van der Waals surface area contributed by atoms with Crippen molar-refractivity contribution < 1.29 is 0 Å². The maximum absolute atomic E-state index is 4.70. The standard InChI is InChI=1S/C14H20N2Si/c1-11-14(17(3,4)5)12(2)16(15-11)13-9-7-6-8-10-13/h6-10H,1-5H3. The largest absolute Gasteiger partial charge is 0.238 e. The van der Waals surface area contributed by atoms with Crippen molar-refractivity contribution in [1.29, 1.82) is 0 Å². The third-order valence-electron chi connectivity index (χ3n) is 3.04. The maximum atomic E-state index is 4.70. The van der Waals surface area contributed by atoms with E-state index in [1.807, 2.05) is 6.07 Å². The second-order valence-electron chi connectivity index (χ2n) is 5.54. The molecule has 0 aliphatic carbocycles. The lowest BCUT2D eigenvalue weighted by Gasteiger charge is -2.17. The molecule has 0 saturated heterocycles. The van der Waals surface area contributed by atoms with Crippen LogP contribution in [0.3, 0.4) is 0 Å². The number of aryl methyl sites for hydroxylation is 1. The average Bonchev–Trinajstić information content (AvgIpc) is 2.54. The Labute approximate surface area is 104 Å². The molecule has 2 nitrogen and oxygen atoms in total. The zero-order valence-electron chi connectivity index (χ0n) is 11.3. The van der Waals surface area contributed by atoms with E-state index in [2.05, 4.69) is 62.4 Å². The molecule has 2 aromatic rings. The van der Waals surface area contributed by atoms with Gasteiger partial charge >= 0.3 is 0 Å². The van der Waals surface area contributed by atoms with E-state index in [1.54, 1.807) is 0 Å². The minimum atomic E-state index is -1.32. The highest BCUT2D eigenvalue weighted by atomic mass is 28.3. The van der Waals surface area contributed by atoms with E-state index in [-0.39, 0.29) is 0 Å². The van der Waals surface area contributed by atoms with Crippen molar-refractivity contribution >= 4 is 13.3 Å². The Morgan fingerprint density at radius 1 is 1.00 bits per heavy atom. The van der Waals surface area contributed by atoms with E-state index in [0.717, 1.165) is 5.69 Å². The molecule has 17 heavy (non-hydrogen) atoms. The summed E-state index contributed by atoms with van der Waals surface area (Å²) < 4.78 is 2.07. The van der Waals surface area contributed by atoms with Crippen molar-refractivity contribution in [2.45, 2.75) is 33.5 Å². The van der Waals surface area contributed by atoms with Gasteiger partial charge in [0.15, 0.2) is 0 Å². The Balaban J connectivity index is 2.60. The number of para-hydroxylation sites is 1. The first kappa shape index (κ1) is 12.1. The summed E-state index contributed by atoms with van der Waals surface area (Å²) in [5, 5.41) is 6.19. The van der Waals surface area contributed by atoms with Gasteiger partial charge in [-0.15, -0.1) is 0 Å². The highest BCUT2D eigenvalue weighted by Crippen LogP contribution is 2.14. The zero-order chi connectivity index (χ0) is 12.6. The Morgan fingerprint density at radius 3 is 2.06 bits per heavy atom. The zero-order valence-corrected chi connectivity index (χ0v) is 12.3. The molecule has 3 heteroatoms. The van der Waals surface area contributed by atoms with E-state index in [9.17, 15) is 0 Å². The highest BCUT2D eigenvalue weighted by Gasteiger charge is 2.25. The van der Waals surface area contributed by atoms with Crippen LogP contribution in [-0.2, 0) is 0 Å². The Hall–Kier alpha value is -1.35. The quantitative estimate of drug-likeness (QED) is 0.743. The fourth-order valence-electron chi connectivity index (χ4n) is 2.55. The van der Waals surface area contributed by atoms with Crippen LogP contribution in [0, 0.1) is 13.8 Å². The van der Waals surface area contributed by atoms with Gasteiger partial charge < -0.3 is 0 Å². The van der Waals surface area contributed by atoms with Crippen LogP contribution in [0.4, 0.5) is 0 Å². The predicted molar refractivity (Wildman–Crippen MR) is 76.0 cm³/mol. The van der Waals surface area contributed by atoms with Gasteiger partial charge in [0.05, 0.1) is 19.5 Å². The van der Waals surface area contributed by atoms with Gasteiger partial charge in [-0.1, -0.05) is 37.8 Å². The summed E-state index contributed by atoms with van der Waals surface area (Å²) >= 11 is 0. The molecular formula is C14H20N2Si. The van der Waals surface area contributed by atoms with Crippen LogP contribution in [0.25, 0.3) is 5.69 Å². The molecule has 0 aliphatic heterocycles. The van der Waals surface area contributed by atoms with Crippen molar-refractivity contribution in [3.8, 4) is 5.69 Å². The third kappa shape index (κ3) is 2.20. The first-order valence-corrected chi connectivity index (χ1v) is 9.53. The van der Waals surface area contributed by atoms with Gasteiger partial charge in [-0.25, -0.2) is 4.68 Å². The second-order valence-corrected chi connectivity index (χ2v) is 10.5. The molecule has 0 fully saturated rings. The molecule has 0 aliphatic rings. The molecule has 0 spiro atoms. The molecule has 0 unspecified atom stereocenters. The molecule has 0 radical (unpaired) electrons. The Morgan fingerprint density at radius 2 is 1.59 bits per heavy atom. The minimum absolute atomic E-state index is 1.15. The monoisotopic (exact) mass is 244 g/mol. The lowest BCUT2D eigenvalue weighted by Crippen LogP contribution is -2.40. The van der Waals surface area contributed by atoms with Gasteiger partial charge in [-0.05, 0) is 31.2 Å². The van der Waals surface area contributed by atoms with Gasteiger partial charge in [0.1, 0.15) is 0 Å². The average molecular weight is 244 g/mol. The number of rotatable bonds is 2. The summed E-state index contributed by atoms with van der Waals surface area (Å²) in [5.41, 5.74) is 3.64. The SMILES string of the molecule is Cc1nn(-c2ccccc2)c(C)c1[Si](C)(C)C. The molecule has 1 aromatic carbocycles. The first-order chi connectivity index (χ1) is 7.91. The van der Waals surface area contributed by atoms with Gasteiger partial charge in [-0.3, -0.25) is 0 Å². The fraction of sp³-hybridized carbons (Fsp3) is 0.357. The number of benzene rings is 1. The van der Waals surface area contributed by atoms with E-state index in [1.165, 1.54) is 16.6 Å². The lowest BCUT2D eigenvalue weighted by atomic mass is 10.3. The molecule has 0 amide bonds. The Bertz CT molecular complexity index is 521. The van der Waals surface area contributed by atoms with Crippen LogP contribution in [0.5, 0.6) is 0 Å². The molecule has 1 aromatic heterocycles. The van der Waals surface area contributed by atoms with Gasteiger partial charge in [-0.2, -0.15) is 5.10 Å². The number of aromatic nitrogens is 2. The molecule has 2 rings (SSSR count). The summed E-state index contributed by atoms with van der Waals surface area (Å²) in [5.74, 6) is 0. The number of hydrogen-bond donors (Lipinski definition) is 0. The topological polar surface area (TPSA) is 17.8 Å². The smallest absolute Gasteiger partial charge is 0.0824 e. The summed E-state index contributed by atoms with van der Waals surface area (Å²) in [4.78, 5) is 0. The van der Waals surface area contributed by atoms with Crippen molar-refractivity contribution in [2.24, 2.45) is 0 Å². The maximum Gasteiger partial charge on any atom is 0.0824 e. The summed E-state index contributed by atoms with van der Waals surface area (Å²) in [6.07, 6.45) is 0. The summed E-state index contributed by atoms with van der Waals surface area (Å²) in [6.45, 7) is 11.4. The van der Waals surface area contributed by atoms with Crippen LogP contribution < -0.4 is 5.19 Å². The van der Waals surface area contributed by atoms with Crippen molar-refractivity contribution in [2.75, 3.05) is 0 Å².